The molecule has 68 valence electrons. The summed E-state index contributed by atoms with van der Waals surface area (Å²) in [6, 6.07) is 0. The van der Waals surface area contributed by atoms with Crippen molar-refractivity contribution in [3.8, 4) is 0 Å². The number of ether oxygens (including phenoxy) is 1. The number of hydrogen-bond donors (Lipinski definition) is 0. The van der Waals surface area contributed by atoms with Gasteiger partial charge in [-0.2, -0.15) is 0 Å². The predicted molar refractivity (Wildman–Crippen MR) is 49.8 cm³/mol. The van der Waals surface area contributed by atoms with Gasteiger partial charge in [0.05, 0.1) is 6.61 Å². The first kappa shape index (κ1) is 11.0. The molecule has 0 rings (SSSR count). The van der Waals surface area contributed by atoms with Crippen molar-refractivity contribution in [3.63, 3.8) is 0 Å². The van der Waals surface area contributed by atoms with Gasteiger partial charge in [-0.3, -0.25) is 0 Å². The molecule has 0 aliphatic heterocycles. The van der Waals surface area contributed by atoms with Gasteiger partial charge in [-0.1, -0.05) is 32.1 Å². The Morgan fingerprint density at radius 1 is 1.50 bits per heavy atom. The number of hydrogen-bond acceptors (Lipinski definition) is 2. The van der Waals surface area contributed by atoms with Crippen LogP contribution in [0.3, 0.4) is 0 Å². The minimum absolute atomic E-state index is 0.306. The molecule has 0 saturated heterocycles. The molecule has 0 heterocycles. The summed E-state index contributed by atoms with van der Waals surface area (Å²) in [7, 11) is 0. The average molecular weight is 168 g/mol. The Morgan fingerprint density at radius 2 is 2.08 bits per heavy atom. The van der Waals surface area contributed by atoms with E-state index >= 15 is 0 Å². The van der Waals surface area contributed by atoms with E-state index in [-0.39, 0.29) is 5.97 Å². The van der Waals surface area contributed by atoms with Gasteiger partial charge < -0.3 is 4.74 Å². The minimum Gasteiger partial charge on any atom is -0.463 e. The molecule has 2 heteroatoms. The van der Waals surface area contributed by atoms with Gasteiger partial charge >= 0.3 is 5.97 Å². The van der Waals surface area contributed by atoms with Gasteiger partial charge in [-0.05, 0) is 12.8 Å². The largest absolute Gasteiger partial charge is 0.463 e. The van der Waals surface area contributed by atoms with Gasteiger partial charge in [0.25, 0.3) is 0 Å². The summed E-state index contributed by atoms with van der Waals surface area (Å²) in [4.78, 5) is 10.8. The fourth-order valence-electron chi connectivity index (χ4n) is 0.558. The van der Waals surface area contributed by atoms with Crippen LogP contribution in [0.1, 0.15) is 20.8 Å². The molecule has 0 aliphatic carbocycles. The van der Waals surface area contributed by atoms with E-state index in [1.807, 2.05) is 13.8 Å². The average Bonchev–Trinajstić information content (AvgIpc) is 2.00. The molecule has 0 aromatic carbocycles. The number of carbonyl (C=O) groups is 1. The molecule has 0 amide bonds. The first-order valence-electron chi connectivity index (χ1n) is 4.11. The van der Waals surface area contributed by atoms with Gasteiger partial charge in [-0.25, -0.2) is 4.79 Å². The molecule has 0 atom stereocenters. The van der Waals surface area contributed by atoms with Crippen LogP contribution in [0.15, 0.2) is 24.3 Å². The highest BCUT2D eigenvalue weighted by Crippen LogP contribution is 2.07. The van der Waals surface area contributed by atoms with Crippen LogP contribution in [-0.2, 0) is 9.53 Å². The third-order valence-corrected chi connectivity index (χ3v) is 1.46. The number of carbonyl (C=O) groups excluding carboxylic acids is 1. The van der Waals surface area contributed by atoms with E-state index < -0.39 is 0 Å². The Balaban J connectivity index is 3.90. The van der Waals surface area contributed by atoms with E-state index in [9.17, 15) is 4.79 Å². The highest BCUT2D eigenvalue weighted by Gasteiger charge is 1.97. The second kappa shape index (κ2) is 5.58. The molecule has 0 aromatic rings. The summed E-state index contributed by atoms with van der Waals surface area (Å²) in [5, 5.41) is 0. The van der Waals surface area contributed by atoms with Crippen LogP contribution < -0.4 is 0 Å². The lowest BCUT2D eigenvalue weighted by Gasteiger charge is -2.02. The van der Waals surface area contributed by atoms with Crippen molar-refractivity contribution < 1.29 is 9.53 Å². The number of allylic oxidation sites excluding steroid dienone is 2. The van der Waals surface area contributed by atoms with Gasteiger partial charge in [0.2, 0.25) is 0 Å². The Hall–Kier alpha value is -1.05. The lowest BCUT2D eigenvalue weighted by molar-refractivity contribution is -0.137. The maximum atomic E-state index is 10.8. The summed E-state index contributed by atoms with van der Waals surface area (Å²) in [6.07, 6.45) is 3.11. The summed E-state index contributed by atoms with van der Waals surface area (Å²) < 4.78 is 4.71. The lowest BCUT2D eigenvalue weighted by atomic mass is 10.1. The van der Waals surface area contributed by atoms with E-state index in [0.29, 0.717) is 12.5 Å². The summed E-state index contributed by atoms with van der Waals surface area (Å²) in [6.45, 7) is 10.0. The lowest BCUT2D eigenvalue weighted by Crippen LogP contribution is -1.99. The van der Waals surface area contributed by atoms with Crippen LogP contribution in [0.25, 0.3) is 0 Å². The minimum atomic E-state index is -0.306. The molecule has 0 aromatic heterocycles. The second-order valence-corrected chi connectivity index (χ2v) is 2.81. The van der Waals surface area contributed by atoms with Crippen LogP contribution in [0.4, 0.5) is 0 Å². The molecule has 0 bridgehead atoms. The molecule has 0 aliphatic rings. The smallest absolute Gasteiger partial charge is 0.330 e. The first-order valence-corrected chi connectivity index (χ1v) is 4.11. The normalized spacial score (nSPS) is 10.7. The summed E-state index contributed by atoms with van der Waals surface area (Å²) in [5.74, 6) is 0.0648. The third-order valence-electron chi connectivity index (χ3n) is 1.46. The summed E-state index contributed by atoms with van der Waals surface area (Å²) >= 11 is 0. The zero-order chi connectivity index (χ0) is 9.56. The predicted octanol–water partition coefficient (Wildman–Crippen LogP) is 2.32. The van der Waals surface area contributed by atoms with Gasteiger partial charge in [0.1, 0.15) is 0 Å². The molecule has 0 radical (unpaired) electrons. The first-order chi connectivity index (χ1) is 5.57. The maximum absolute atomic E-state index is 10.8. The maximum Gasteiger partial charge on any atom is 0.330 e. The van der Waals surface area contributed by atoms with E-state index in [0.717, 1.165) is 5.57 Å². The molecular weight excluding hydrogens is 152 g/mol. The fourth-order valence-corrected chi connectivity index (χ4v) is 0.558. The molecule has 0 unspecified atom stereocenters. The molecule has 2 nitrogen and oxygen atoms in total. The molecule has 0 spiro atoms. The zero-order valence-corrected chi connectivity index (χ0v) is 7.96. The van der Waals surface area contributed by atoms with Crippen LogP contribution in [0, 0.1) is 5.92 Å². The van der Waals surface area contributed by atoms with Crippen molar-refractivity contribution >= 4 is 5.97 Å². The number of esters is 1. The van der Waals surface area contributed by atoms with Crippen molar-refractivity contribution in [2.75, 3.05) is 6.61 Å². The summed E-state index contributed by atoms with van der Waals surface area (Å²) in [5.41, 5.74) is 0.933. The van der Waals surface area contributed by atoms with Crippen molar-refractivity contribution in [1.29, 1.82) is 0 Å². The molecular formula is C10H16O2. The topological polar surface area (TPSA) is 26.3 Å². The van der Waals surface area contributed by atoms with Crippen LogP contribution in [0.5, 0.6) is 0 Å². The quantitative estimate of drug-likeness (QED) is 0.366. The van der Waals surface area contributed by atoms with E-state index in [2.05, 4.69) is 6.58 Å². The molecule has 0 saturated carbocycles. The Labute approximate surface area is 73.9 Å². The molecule has 0 fully saturated rings. The van der Waals surface area contributed by atoms with Crippen molar-refractivity contribution in [3.05, 3.63) is 24.3 Å². The van der Waals surface area contributed by atoms with Crippen molar-refractivity contribution in [2.24, 2.45) is 5.92 Å². The van der Waals surface area contributed by atoms with Crippen LogP contribution >= 0.6 is 0 Å². The molecule has 0 N–H and O–H groups in total. The van der Waals surface area contributed by atoms with Crippen LogP contribution in [0.2, 0.25) is 0 Å². The second-order valence-electron chi connectivity index (χ2n) is 2.81. The van der Waals surface area contributed by atoms with E-state index in [4.69, 9.17) is 4.74 Å². The van der Waals surface area contributed by atoms with Gasteiger partial charge in [-0.15, -0.1) is 0 Å². The van der Waals surface area contributed by atoms with Gasteiger partial charge in [0, 0.05) is 6.08 Å². The van der Waals surface area contributed by atoms with Gasteiger partial charge in [0.15, 0.2) is 0 Å². The highest BCUT2D eigenvalue weighted by molar-refractivity contribution is 5.82. The fraction of sp³-hybridized carbons (Fsp3) is 0.500. The number of rotatable bonds is 4. The zero-order valence-electron chi connectivity index (χ0n) is 7.96. The Bertz CT molecular complexity index is 190. The van der Waals surface area contributed by atoms with Crippen molar-refractivity contribution in [1.82, 2.24) is 0 Å². The highest BCUT2D eigenvalue weighted by atomic mass is 16.5. The van der Waals surface area contributed by atoms with Crippen LogP contribution in [-0.4, -0.2) is 12.6 Å². The third kappa shape index (κ3) is 4.72. The van der Waals surface area contributed by atoms with Crippen molar-refractivity contribution in [2.45, 2.75) is 20.8 Å². The molecule has 12 heavy (non-hydrogen) atoms. The Morgan fingerprint density at radius 3 is 2.50 bits per heavy atom. The SMILES string of the molecule is C=C(C=CC(=O)OCC)C(C)C. The monoisotopic (exact) mass is 168 g/mol. The van der Waals surface area contributed by atoms with E-state index in [1.54, 1.807) is 13.0 Å². The van der Waals surface area contributed by atoms with E-state index in [1.165, 1.54) is 6.08 Å². The Kier molecular flexibility index (Phi) is 5.09. The standard InChI is InChI=1S/C10H16O2/c1-5-12-10(11)7-6-9(4)8(2)3/h6-8H,4-5H2,1-3H3.